The minimum atomic E-state index is -0.592. The molecular weight excluding hydrogens is 180 g/mol. The summed E-state index contributed by atoms with van der Waals surface area (Å²) in [6.07, 6.45) is 4.79. The molecule has 1 heterocycles. The Morgan fingerprint density at radius 3 is 2.93 bits per heavy atom. The lowest BCUT2D eigenvalue weighted by molar-refractivity contribution is 0.0161. The van der Waals surface area contributed by atoms with Crippen LogP contribution in [-0.4, -0.2) is 36.1 Å². The smallest absolute Gasteiger partial charge is 0.108 e. The van der Waals surface area contributed by atoms with Crippen LogP contribution in [0.1, 0.15) is 32.1 Å². The zero-order valence-electron chi connectivity index (χ0n) is 8.54. The molecule has 82 valence electrons. The number of nitrogens with two attached hydrogens (primary N) is 1. The van der Waals surface area contributed by atoms with Crippen LogP contribution in [0, 0.1) is 0 Å². The molecule has 1 saturated carbocycles. The van der Waals surface area contributed by atoms with E-state index < -0.39 is 5.60 Å². The predicted octanol–water partition coefficient (Wildman–Crippen LogP) is -0.0452. The lowest BCUT2D eigenvalue weighted by Crippen LogP contribution is -2.43. The molecule has 1 aliphatic heterocycles. The van der Waals surface area contributed by atoms with Gasteiger partial charge in [-0.2, -0.15) is 0 Å². The number of hydrogen-bond acceptors (Lipinski definition) is 4. The summed E-state index contributed by atoms with van der Waals surface area (Å²) in [6.45, 7) is 1.46. The quantitative estimate of drug-likeness (QED) is 0.598. The van der Waals surface area contributed by atoms with Crippen LogP contribution in [-0.2, 0) is 4.74 Å². The molecule has 0 amide bonds. The maximum absolute atomic E-state index is 10.1. The minimum absolute atomic E-state index is 0.149. The third-order valence-corrected chi connectivity index (χ3v) is 3.21. The first-order chi connectivity index (χ1) is 6.68. The summed E-state index contributed by atoms with van der Waals surface area (Å²) < 4.78 is 5.43. The van der Waals surface area contributed by atoms with Crippen LogP contribution < -0.4 is 11.1 Å². The standard InChI is InChI=1S/C10H20N2O2/c11-8-3-4-10(13,6-8)7-12-9-2-1-5-14-9/h8-9,12-13H,1-7,11H2. The van der Waals surface area contributed by atoms with Crippen LogP contribution in [0.15, 0.2) is 0 Å². The second kappa shape index (κ2) is 4.14. The van der Waals surface area contributed by atoms with Crippen molar-refractivity contribution in [2.24, 2.45) is 5.73 Å². The molecule has 0 aromatic rings. The Morgan fingerprint density at radius 2 is 2.36 bits per heavy atom. The Morgan fingerprint density at radius 1 is 1.50 bits per heavy atom. The molecule has 0 bridgehead atoms. The molecule has 2 rings (SSSR count). The normalized spacial score (nSPS) is 43.3. The van der Waals surface area contributed by atoms with E-state index in [0.29, 0.717) is 13.0 Å². The van der Waals surface area contributed by atoms with Crippen molar-refractivity contribution in [2.75, 3.05) is 13.2 Å². The van der Waals surface area contributed by atoms with Gasteiger partial charge in [0.25, 0.3) is 0 Å². The summed E-state index contributed by atoms with van der Waals surface area (Å²) in [5, 5.41) is 13.4. The van der Waals surface area contributed by atoms with Crippen LogP contribution >= 0.6 is 0 Å². The zero-order chi connectivity index (χ0) is 10.0. The van der Waals surface area contributed by atoms with Gasteiger partial charge in [-0.1, -0.05) is 0 Å². The van der Waals surface area contributed by atoms with Crippen molar-refractivity contribution in [1.82, 2.24) is 5.32 Å². The van der Waals surface area contributed by atoms with Gasteiger partial charge in [0.1, 0.15) is 6.23 Å². The van der Waals surface area contributed by atoms with Crippen LogP contribution in [0.5, 0.6) is 0 Å². The summed E-state index contributed by atoms with van der Waals surface area (Å²) in [4.78, 5) is 0. The highest BCUT2D eigenvalue weighted by Crippen LogP contribution is 2.28. The van der Waals surface area contributed by atoms with E-state index in [4.69, 9.17) is 10.5 Å². The van der Waals surface area contributed by atoms with Crippen LogP contribution in [0.3, 0.4) is 0 Å². The molecule has 4 heteroatoms. The van der Waals surface area contributed by atoms with Crippen molar-refractivity contribution < 1.29 is 9.84 Å². The molecule has 4 nitrogen and oxygen atoms in total. The highest BCUT2D eigenvalue weighted by Gasteiger charge is 2.36. The minimum Gasteiger partial charge on any atom is -0.389 e. The number of rotatable bonds is 3. The van der Waals surface area contributed by atoms with Crippen molar-refractivity contribution in [1.29, 1.82) is 0 Å². The molecule has 0 aromatic carbocycles. The van der Waals surface area contributed by atoms with E-state index in [1.165, 1.54) is 0 Å². The van der Waals surface area contributed by atoms with Gasteiger partial charge in [0.05, 0.1) is 5.60 Å². The molecule has 2 fully saturated rings. The Bertz CT molecular complexity index is 195. The zero-order valence-corrected chi connectivity index (χ0v) is 8.54. The van der Waals surface area contributed by atoms with E-state index in [2.05, 4.69) is 5.32 Å². The third-order valence-electron chi connectivity index (χ3n) is 3.21. The van der Waals surface area contributed by atoms with Crippen molar-refractivity contribution in [3.05, 3.63) is 0 Å². The number of nitrogens with one attached hydrogen (secondary N) is 1. The predicted molar refractivity (Wildman–Crippen MR) is 53.8 cm³/mol. The monoisotopic (exact) mass is 200 g/mol. The van der Waals surface area contributed by atoms with Gasteiger partial charge in [0.2, 0.25) is 0 Å². The molecule has 1 saturated heterocycles. The first-order valence-electron chi connectivity index (χ1n) is 5.51. The fourth-order valence-corrected chi connectivity index (χ4v) is 2.35. The highest BCUT2D eigenvalue weighted by atomic mass is 16.5. The van der Waals surface area contributed by atoms with Gasteiger partial charge in [-0.15, -0.1) is 0 Å². The van der Waals surface area contributed by atoms with Gasteiger partial charge < -0.3 is 15.6 Å². The Labute approximate surface area is 84.8 Å². The Hall–Kier alpha value is -0.160. The molecule has 3 atom stereocenters. The van der Waals surface area contributed by atoms with E-state index >= 15 is 0 Å². The molecule has 0 spiro atoms. The van der Waals surface area contributed by atoms with Crippen molar-refractivity contribution in [2.45, 2.75) is 50.0 Å². The average molecular weight is 200 g/mol. The van der Waals surface area contributed by atoms with Crippen LogP contribution in [0.25, 0.3) is 0 Å². The van der Waals surface area contributed by atoms with Gasteiger partial charge in [0, 0.05) is 19.2 Å². The first kappa shape index (κ1) is 10.4. The van der Waals surface area contributed by atoms with E-state index in [9.17, 15) is 5.11 Å². The summed E-state index contributed by atoms with van der Waals surface area (Å²) in [5.41, 5.74) is 5.18. The van der Waals surface area contributed by atoms with Crippen molar-refractivity contribution in [3.63, 3.8) is 0 Å². The maximum Gasteiger partial charge on any atom is 0.108 e. The molecule has 0 aromatic heterocycles. The second-order valence-electron chi connectivity index (χ2n) is 4.61. The van der Waals surface area contributed by atoms with Gasteiger partial charge in [-0.3, -0.25) is 5.32 Å². The summed E-state index contributed by atoms with van der Waals surface area (Å²) in [6, 6.07) is 0.172. The largest absolute Gasteiger partial charge is 0.389 e. The van der Waals surface area contributed by atoms with Gasteiger partial charge >= 0.3 is 0 Å². The van der Waals surface area contributed by atoms with Gasteiger partial charge in [-0.05, 0) is 32.1 Å². The molecule has 3 unspecified atom stereocenters. The number of hydrogen-bond donors (Lipinski definition) is 3. The van der Waals surface area contributed by atoms with E-state index in [1.807, 2.05) is 0 Å². The lowest BCUT2D eigenvalue weighted by atomic mass is 10.0. The molecule has 14 heavy (non-hydrogen) atoms. The van der Waals surface area contributed by atoms with Crippen LogP contribution in [0.2, 0.25) is 0 Å². The first-order valence-corrected chi connectivity index (χ1v) is 5.51. The van der Waals surface area contributed by atoms with Gasteiger partial charge in [0.15, 0.2) is 0 Å². The highest BCUT2D eigenvalue weighted by molar-refractivity contribution is 4.93. The third kappa shape index (κ3) is 2.45. The molecular formula is C10H20N2O2. The summed E-state index contributed by atoms with van der Waals surface area (Å²) in [7, 11) is 0. The fraction of sp³-hybridized carbons (Fsp3) is 1.00. The molecule has 2 aliphatic rings. The SMILES string of the molecule is NC1CCC(O)(CNC2CCCO2)C1. The van der Waals surface area contributed by atoms with Crippen LogP contribution in [0.4, 0.5) is 0 Å². The Kier molecular flexibility index (Phi) is 3.07. The van der Waals surface area contributed by atoms with E-state index in [-0.39, 0.29) is 12.3 Å². The van der Waals surface area contributed by atoms with Crippen molar-refractivity contribution in [3.8, 4) is 0 Å². The Balaban J connectivity index is 1.73. The summed E-state index contributed by atoms with van der Waals surface area (Å²) in [5.74, 6) is 0. The lowest BCUT2D eigenvalue weighted by Gasteiger charge is -2.24. The van der Waals surface area contributed by atoms with Gasteiger partial charge in [-0.25, -0.2) is 0 Å². The average Bonchev–Trinajstić information content (AvgIpc) is 2.73. The second-order valence-corrected chi connectivity index (χ2v) is 4.61. The molecule has 4 N–H and O–H groups in total. The molecule has 1 aliphatic carbocycles. The number of aliphatic hydroxyl groups is 1. The topological polar surface area (TPSA) is 67.5 Å². The number of ether oxygens (including phenoxy) is 1. The maximum atomic E-state index is 10.1. The molecule has 0 radical (unpaired) electrons. The van der Waals surface area contributed by atoms with Crippen molar-refractivity contribution >= 4 is 0 Å². The fourth-order valence-electron chi connectivity index (χ4n) is 2.35. The summed E-state index contributed by atoms with van der Waals surface area (Å²) >= 11 is 0. The van der Waals surface area contributed by atoms with E-state index in [0.717, 1.165) is 32.3 Å². The van der Waals surface area contributed by atoms with E-state index in [1.54, 1.807) is 0 Å².